The minimum absolute atomic E-state index is 0.163. The first-order chi connectivity index (χ1) is 9.46. The summed E-state index contributed by atoms with van der Waals surface area (Å²) in [6, 6.07) is 0.290. The van der Waals surface area contributed by atoms with Crippen LogP contribution in [0, 0.1) is 5.92 Å². The van der Waals surface area contributed by atoms with Crippen molar-refractivity contribution in [3.8, 4) is 0 Å². The van der Waals surface area contributed by atoms with Crippen molar-refractivity contribution < 1.29 is 14.3 Å². The van der Waals surface area contributed by atoms with Crippen LogP contribution in [0.4, 0.5) is 4.79 Å². The van der Waals surface area contributed by atoms with Crippen molar-refractivity contribution in [2.45, 2.75) is 70.9 Å². The molecule has 20 heavy (non-hydrogen) atoms. The fourth-order valence-corrected chi connectivity index (χ4v) is 2.62. The highest BCUT2D eigenvalue weighted by atomic mass is 16.6. The number of hydrogen-bond donors (Lipinski definition) is 0. The lowest BCUT2D eigenvalue weighted by Gasteiger charge is -2.36. The molecule has 0 aromatic carbocycles. The van der Waals surface area contributed by atoms with Crippen LogP contribution < -0.4 is 0 Å². The van der Waals surface area contributed by atoms with Gasteiger partial charge in [0.25, 0.3) is 0 Å². The number of nitrogens with zero attached hydrogens (tertiary/aromatic N) is 1. The highest BCUT2D eigenvalue weighted by molar-refractivity contribution is 5.68. The molecule has 2 rings (SSSR count). The summed E-state index contributed by atoms with van der Waals surface area (Å²) in [6.45, 7) is 8.25. The molecule has 1 atom stereocenters. The van der Waals surface area contributed by atoms with Gasteiger partial charge in [0.05, 0.1) is 0 Å². The van der Waals surface area contributed by atoms with Crippen molar-refractivity contribution in [1.29, 1.82) is 0 Å². The quantitative estimate of drug-likeness (QED) is 0.724. The average Bonchev–Trinajstić information content (AvgIpc) is 3.17. The van der Waals surface area contributed by atoms with Gasteiger partial charge in [-0.3, -0.25) is 0 Å². The second kappa shape index (κ2) is 6.79. The number of carbonyl (C=O) groups is 1. The van der Waals surface area contributed by atoms with E-state index in [1.54, 1.807) is 0 Å². The fraction of sp³-hybridized carbons (Fsp3) is 0.938. The van der Waals surface area contributed by atoms with Crippen molar-refractivity contribution in [2.24, 2.45) is 5.92 Å². The monoisotopic (exact) mass is 283 g/mol. The predicted molar refractivity (Wildman–Crippen MR) is 78.7 cm³/mol. The first kappa shape index (κ1) is 15.6. The van der Waals surface area contributed by atoms with Crippen LogP contribution in [0.25, 0.3) is 0 Å². The van der Waals surface area contributed by atoms with E-state index >= 15 is 0 Å². The molecule has 1 aliphatic carbocycles. The fourth-order valence-electron chi connectivity index (χ4n) is 2.62. The summed E-state index contributed by atoms with van der Waals surface area (Å²) in [5.74, 6) is 0.809. The van der Waals surface area contributed by atoms with E-state index in [2.05, 4.69) is 0 Å². The molecular weight excluding hydrogens is 254 g/mol. The van der Waals surface area contributed by atoms with Crippen LogP contribution in [-0.4, -0.2) is 42.4 Å². The van der Waals surface area contributed by atoms with Gasteiger partial charge in [-0.2, -0.15) is 0 Å². The van der Waals surface area contributed by atoms with Crippen molar-refractivity contribution >= 4 is 6.09 Å². The molecule has 0 aromatic heterocycles. The molecule has 0 N–H and O–H groups in total. The van der Waals surface area contributed by atoms with Gasteiger partial charge in [0, 0.05) is 25.8 Å². The zero-order valence-corrected chi connectivity index (χ0v) is 13.2. The average molecular weight is 283 g/mol. The number of amides is 1. The van der Waals surface area contributed by atoms with Crippen LogP contribution in [0.2, 0.25) is 0 Å². The number of rotatable bonds is 5. The SMILES string of the molecule is CC(C)(C)OC(=O)N1CCCC[C@H]1CCOCC1CC1. The van der Waals surface area contributed by atoms with E-state index in [0.717, 1.165) is 44.9 Å². The molecule has 2 aliphatic rings. The summed E-state index contributed by atoms with van der Waals surface area (Å²) in [7, 11) is 0. The molecule has 1 amide bonds. The smallest absolute Gasteiger partial charge is 0.410 e. The highest BCUT2D eigenvalue weighted by Crippen LogP contribution is 2.29. The molecule has 4 nitrogen and oxygen atoms in total. The third-order valence-electron chi connectivity index (χ3n) is 3.90. The van der Waals surface area contributed by atoms with Crippen LogP contribution in [0.3, 0.4) is 0 Å². The van der Waals surface area contributed by atoms with Crippen molar-refractivity contribution in [1.82, 2.24) is 4.90 Å². The number of ether oxygens (including phenoxy) is 2. The Morgan fingerprint density at radius 2 is 1.95 bits per heavy atom. The lowest BCUT2D eigenvalue weighted by atomic mass is 10.0. The summed E-state index contributed by atoms with van der Waals surface area (Å²) in [5.41, 5.74) is -0.415. The van der Waals surface area contributed by atoms with Crippen LogP contribution in [0.5, 0.6) is 0 Å². The van der Waals surface area contributed by atoms with Crippen LogP contribution in [0.1, 0.15) is 59.3 Å². The topological polar surface area (TPSA) is 38.8 Å². The molecule has 0 radical (unpaired) electrons. The van der Waals surface area contributed by atoms with E-state index in [9.17, 15) is 4.79 Å². The molecule has 1 saturated heterocycles. The number of hydrogen-bond acceptors (Lipinski definition) is 3. The van der Waals surface area contributed by atoms with Crippen LogP contribution in [-0.2, 0) is 9.47 Å². The molecule has 1 heterocycles. The first-order valence-electron chi connectivity index (χ1n) is 8.03. The Labute approximate surface area is 122 Å². The summed E-state index contributed by atoms with van der Waals surface area (Å²) < 4.78 is 11.2. The van der Waals surface area contributed by atoms with E-state index in [0.29, 0.717) is 0 Å². The van der Waals surface area contributed by atoms with Gasteiger partial charge < -0.3 is 14.4 Å². The first-order valence-corrected chi connectivity index (χ1v) is 8.03. The van der Waals surface area contributed by atoms with E-state index in [-0.39, 0.29) is 12.1 Å². The lowest BCUT2D eigenvalue weighted by molar-refractivity contribution is 0.00414. The van der Waals surface area contributed by atoms with Crippen molar-refractivity contribution in [3.05, 3.63) is 0 Å². The van der Waals surface area contributed by atoms with Gasteiger partial charge >= 0.3 is 6.09 Å². The molecule has 0 spiro atoms. The van der Waals surface area contributed by atoms with Gasteiger partial charge in [-0.25, -0.2) is 4.79 Å². The second-order valence-electron chi connectivity index (χ2n) is 7.13. The number of likely N-dealkylation sites (tertiary alicyclic amines) is 1. The second-order valence-corrected chi connectivity index (χ2v) is 7.13. The highest BCUT2D eigenvalue weighted by Gasteiger charge is 2.30. The zero-order chi connectivity index (χ0) is 14.6. The Balaban J connectivity index is 1.76. The van der Waals surface area contributed by atoms with Gasteiger partial charge in [0.15, 0.2) is 0 Å². The molecule has 1 aliphatic heterocycles. The number of carbonyl (C=O) groups excluding carboxylic acids is 1. The Kier molecular flexibility index (Phi) is 5.30. The van der Waals surface area contributed by atoms with E-state index in [1.807, 2.05) is 25.7 Å². The molecule has 116 valence electrons. The standard InChI is InChI=1S/C16H29NO3/c1-16(2,3)20-15(18)17-10-5-4-6-14(17)9-11-19-12-13-7-8-13/h13-14H,4-12H2,1-3H3/t14-/m0/s1. The Hall–Kier alpha value is -0.770. The normalized spacial score (nSPS) is 23.8. The molecule has 2 fully saturated rings. The largest absolute Gasteiger partial charge is 0.444 e. The van der Waals surface area contributed by atoms with Gasteiger partial charge in [0.1, 0.15) is 5.60 Å². The Morgan fingerprint density at radius 1 is 1.20 bits per heavy atom. The maximum Gasteiger partial charge on any atom is 0.410 e. The minimum atomic E-state index is -0.415. The summed E-state index contributed by atoms with van der Waals surface area (Å²) in [4.78, 5) is 14.1. The molecule has 0 unspecified atom stereocenters. The summed E-state index contributed by atoms with van der Waals surface area (Å²) in [5, 5.41) is 0. The minimum Gasteiger partial charge on any atom is -0.444 e. The van der Waals surface area contributed by atoms with Crippen molar-refractivity contribution in [3.63, 3.8) is 0 Å². The third-order valence-corrected chi connectivity index (χ3v) is 3.90. The molecule has 4 heteroatoms. The molecule has 0 aromatic rings. The maximum absolute atomic E-state index is 12.2. The summed E-state index contributed by atoms with van der Waals surface area (Å²) in [6.07, 6.45) is 6.79. The van der Waals surface area contributed by atoms with Gasteiger partial charge in [0.2, 0.25) is 0 Å². The summed E-state index contributed by atoms with van der Waals surface area (Å²) >= 11 is 0. The maximum atomic E-state index is 12.2. The van der Waals surface area contributed by atoms with Gasteiger partial charge in [-0.1, -0.05) is 0 Å². The molecular formula is C16H29NO3. The van der Waals surface area contributed by atoms with Crippen molar-refractivity contribution in [2.75, 3.05) is 19.8 Å². The number of piperidine rings is 1. The third kappa shape index (κ3) is 5.31. The van der Waals surface area contributed by atoms with E-state index in [4.69, 9.17) is 9.47 Å². The lowest BCUT2D eigenvalue weighted by Crippen LogP contribution is -2.46. The van der Waals surface area contributed by atoms with E-state index in [1.165, 1.54) is 19.3 Å². The van der Waals surface area contributed by atoms with Gasteiger partial charge in [-0.05, 0) is 65.2 Å². The van der Waals surface area contributed by atoms with Crippen LogP contribution in [0.15, 0.2) is 0 Å². The van der Waals surface area contributed by atoms with Crippen LogP contribution >= 0.6 is 0 Å². The molecule has 0 bridgehead atoms. The Bertz CT molecular complexity index is 320. The zero-order valence-electron chi connectivity index (χ0n) is 13.2. The molecule has 1 saturated carbocycles. The van der Waals surface area contributed by atoms with E-state index < -0.39 is 5.60 Å². The van der Waals surface area contributed by atoms with Gasteiger partial charge in [-0.15, -0.1) is 0 Å². The predicted octanol–water partition coefficient (Wildman–Crippen LogP) is 3.59. The Morgan fingerprint density at radius 3 is 2.60 bits per heavy atom.